The summed E-state index contributed by atoms with van der Waals surface area (Å²) < 4.78 is 0. The molecule has 7 heteroatoms. The Morgan fingerprint density at radius 2 is 2.19 bits per heavy atom. The number of aliphatic carboxylic acids is 1. The maximum absolute atomic E-state index is 10.4. The minimum absolute atomic E-state index is 0.180. The van der Waals surface area contributed by atoms with Crippen molar-refractivity contribution < 1.29 is 9.90 Å². The van der Waals surface area contributed by atoms with Crippen molar-refractivity contribution in [3.05, 3.63) is 23.9 Å². The summed E-state index contributed by atoms with van der Waals surface area (Å²) in [6.07, 6.45) is 2.89. The van der Waals surface area contributed by atoms with Gasteiger partial charge in [-0.1, -0.05) is 0 Å². The van der Waals surface area contributed by atoms with Gasteiger partial charge in [0.2, 0.25) is 0 Å². The van der Waals surface area contributed by atoms with Gasteiger partial charge in [0.05, 0.1) is 6.20 Å². The predicted octanol–water partition coefficient (Wildman–Crippen LogP) is 0.197. The van der Waals surface area contributed by atoms with Crippen LogP contribution < -0.4 is 0 Å². The number of carbonyl (C=O) groups is 1. The molecule has 0 saturated carbocycles. The fourth-order valence-corrected chi connectivity index (χ4v) is 1.17. The second-order valence-corrected chi connectivity index (χ2v) is 3.25. The molecule has 0 aromatic carbocycles. The van der Waals surface area contributed by atoms with Gasteiger partial charge in [0.15, 0.2) is 11.6 Å². The van der Waals surface area contributed by atoms with Crippen molar-refractivity contribution in [1.82, 2.24) is 25.1 Å². The van der Waals surface area contributed by atoms with Crippen molar-refractivity contribution in [2.75, 3.05) is 0 Å². The van der Waals surface area contributed by atoms with E-state index in [1.54, 1.807) is 6.20 Å². The third kappa shape index (κ3) is 2.19. The minimum Gasteiger partial charge on any atom is -0.481 e. The molecule has 16 heavy (non-hydrogen) atoms. The van der Waals surface area contributed by atoms with E-state index in [2.05, 4.69) is 25.1 Å². The van der Waals surface area contributed by atoms with Crippen LogP contribution in [0, 0.1) is 6.92 Å². The Balaban J connectivity index is 2.22. The van der Waals surface area contributed by atoms with Crippen molar-refractivity contribution in [1.29, 1.82) is 0 Å². The molecule has 2 aromatic rings. The fourth-order valence-electron chi connectivity index (χ4n) is 1.17. The number of H-pyrrole nitrogens is 1. The molecule has 0 radical (unpaired) electrons. The molecule has 2 rings (SSSR count). The summed E-state index contributed by atoms with van der Waals surface area (Å²) in [6, 6.07) is 0. The van der Waals surface area contributed by atoms with Gasteiger partial charge in [0, 0.05) is 11.9 Å². The Labute approximate surface area is 90.6 Å². The van der Waals surface area contributed by atoms with Crippen molar-refractivity contribution in [3.63, 3.8) is 0 Å². The van der Waals surface area contributed by atoms with E-state index in [1.807, 2.05) is 6.92 Å². The van der Waals surface area contributed by atoms with Crippen LogP contribution in [0.1, 0.15) is 11.5 Å². The summed E-state index contributed by atoms with van der Waals surface area (Å²) in [7, 11) is 0. The van der Waals surface area contributed by atoms with Gasteiger partial charge in [-0.25, -0.2) is 9.97 Å². The lowest BCUT2D eigenvalue weighted by Crippen LogP contribution is -2.06. The SMILES string of the molecule is Cc1cnc(-c2cnc(CC(=O)O)nn2)[nH]1. The third-order valence-corrected chi connectivity index (χ3v) is 1.86. The van der Waals surface area contributed by atoms with E-state index >= 15 is 0 Å². The van der Waals surface area contributed by atoms with Crippen molar-refractivity contribution >= 4 is 5.97 Å². The van der Waals surface area contributed by atoms with Gasteiger partial charge in [-0.15, -0.1) is 10.2 Å². The second-order valence-electron chi connectivity index (χ2n) is 3.25. The van der Waals surface area contributed by atoms with E-state index in [-0.39, 0.29) is 12.2 Å². The average molecular weight is 219 g/mol. The lowest BCUT2D eigenvalue weighted by molar-refractivity contribution is -0.136. The van der Waals surface area contributed by atoms with E-state index in [9.17, 15) is 4.79 Å². The van der Waals surface area contributed by atoms with Crippen molar-refractivity contribution in [2.45, 2.75) is 13.3 Å². The highest BCUT2D eigenvalue weighted by molar-refractivity contribution is 5.68. The van der Waals surface area contributed by atoms with Gasteiger partial charge in [-0.2, -0.15) is 0 Å². The molecule has 82 valence electrons. The predicted molar refractivity (Wildman–Crippen MR) is 53.5 cm³/mol. The Kier molecular flexibility index (Phi) is 2.59. The van der Waals surface area contributed by atoms with Gasteiger partial charge < -0.3 is 10.1 Å². The summed E-state index contributed by atoms with van der Waals surface area (Å²) in [4.78, 5) is 21.3. The largest absolute Gasteiger partial charge is 0.481 e. The second kappa shape index (κ2) is 4.05. The number of nitrogens with zero attached hydrogens (tertiary/aromatic N) is 4. The summed E-state index contributed by atoms with van der Waals surface area (Å²) in [5.41, 5.74) is 1.40. The van der Waals surface area contributed by atoms with Crippen molar-refractivity contribution in [3.8, 4) is 11.5 Å². The number of aromatic amines is 1. The Morgan fingerprint density at radius 3 is 2.69 bits per heavy atom. The standard InChI is InChI=1S/C9H9N5O2/c1-5-3-11-9(12-5)6-4-10-7(14-13-6)2-8(15)16/h3-4H,2H2,1H3,(H,11,12)(H,15,16). The number of carboxylic acids is 1. The highest BCUT2D eigenvalue weighted by Gasteiger charge is 2.07. The van der Waals surface area contributed by atoms with Gasteiger partial charge in [-0.3, -0.25) is 4.79 Å². The van der Waals surface area contributed by atoms with E-state index < -0.39 is 5.97 Å². The van der Waals surface area contributed by atoms with E-state index in [0.717, 1.165) is 5.69 Å². The van der Waals surface area contributed by atoms with E-state index in [1.165, 1.54) is 6.20 Å². The van der Waals surface area contributed by atoms with Gasteiger partial charge in [-0.05, 0) is 6.92 Å². The molecular formula is C9H9N5O2. The summed E-state index contributed by atoms with van der Waals surface area (Å²) in [5, 5.41) is 16.1. The molecule has 0 fully saturated rings. The van der Waals surface area contributed by atoms with Crippen LogP contribution in [0.4, 0.5) is 0 Å². The van der Waals surface area contributed by atoms with Crippen LogP contribution in [0.25, 0.3) is 11.5 Å². The van der Waals surface area contributed by atoms with Crippen LogP contribution in [-0.4, -0.2) is 36.2 Å². The molecule has 0 saturated heterocycles. The fraction of sp³-hybridized carbons (Fsp3) is 0.222. The van der Waals surface area contributed by atoms with Gasteiger partial charge >= 0.3 is 5.97 Å². The molecule has 0 atom stereocenters. The van der Waals surface area contributed by atoms with Crippen LogP contribution in [0.15, 0.2) is 12.4 Å². The third-order valence-electron chi connectivity index (χ3n) is 1.86. The van der Waals surface area contributed by atoms with Crippen LogP contribution in [-0.2, 0) is 11.2 Å². The van der Waals surface area contributed by atoms with Crippen molar-refractivity contribution in [2.24, 2.45) is 0 Å². The maximum atomic E-state index is 10.4. The number of nitrogens with one attached hydrogen (secondary N) is 1. The average Bonchev–Trinajstić information content (AvgIpc) is 2.65. The number of carboxylic acid groups (broad SMARTS) is 1. The monoisotopic (exact) mass is 219 g/mol. The number of hydrogen-bond acceptors (Lipinski definition) is 5. The smallest absolute Gasteiger partial charge is 0.311 e. The molecule has 0 bridgehead atoms. The molecule has 2 N–H and O–H groups in total. The first-order valence-corrected chi connectivity index (χ1v) is 4.57. The molecule has 7 nitrogen and oxygen atoms in total. The molecule has 0 aliphatic carbocycles. The van der Waals surface area contributed by atoms with E-state index in [0.29, 0.717) is 11.5 Å². The zero-order valence-electron chi connectivity index (χ0n) is 8.51. The molecule has 0 aliphatic rings. The highest BCUT2D eigenvalue weighted by atomic mass is 16.4. The molecule has 0 unspecified atom stereocenters. The molecule has 2 heterocycles. The first-order valence-electron chi connectivity index (χ1n) is 4.57. The number of aryl methyl sites for hydroxylation is 1. The van der Waals surface area contributed by atoms with Crippen LogP contribution in [0.2, 0.25) is 0 Å². The number of hydrogen-bond donors (Lipinski definition) is 2. The Bertz CT molecular complexity index is 505. The van der Waals surface area contributed by atoms with Gasteiger partial charge in [0.1, 0.15) is 12.1 Å². The van der Waals surface area contributed by atoms with E-state index in [4.69, 9.17) is 5.11 Å². The minimum atomic E-state index is -0.983. The Hall–Kier alpha value is -2.31. The number of imidazole rings is 1. The highest BCUT2D eigenvalue weighted by Crippen LogP contribution is 2.09. The summed E-state index contributed by atoms with van der Waals surface area (Å²) in [5.74, 6) is -0.234. The van der Waals surface area contributed by atoms with Crippen LogP contribution in [0.3, 0.4) is 0 Å². The topological polar surface area (TPSA) is 105 Å². The molecule has 0 spiro atoms. The Morgan fingerprint density at radius 1 is 1.38 bits per heavy atom. The summed E-state index contributed by atoms with van der Waals surface area (Å²) in [6.45, 7) is 1.87. The number of aromatic nitrogens is 5. The first kappa shape index (κ1) is 10.2. The molecule has 0 aliphatic heterocycles. The van der Waals surface area contributed by atoms with Crippen LogP contribution >= 0.6 is 0 Å². The first-order chi connectivity index (χ1) is 7.65. The molecule has 2 aromatic heterocycles. The zero-order valence-corrected chi connectivity index (χ0v) is 8.51. The molecule has 0 amide bonds. The number of rotatable bonds is 3. The molecular weight excluding hydrogens is 210 g/mol. The van der Waals surface area contributed by atoms with Gasteiger partial charge in [0.25, 0.3) is 0 Å². The lowest BCUT2D eigenvalue weighted by atomic mass is 10.4. The quantitative estimate of drug-likeness (QED) is 0.763. The maximum Gasteiger partial charge on any atom is 0.311 e. The normalized spacial score (nSPS) is 10.3. The summed E-state index contributed by atoms with van der Waals surface area (Å²) >= 11 is 0. The lowest BCUT2D eigenvalue weighted by Gasteiger charge is -1.96. The zero-order chi connectivity index (χ0) is 11.5. The van der Waals surface area contributed by atoms with Crippen LogP contribution in [0.5, 0.6) is 0 Å².